The normalized spacial score (nSPS) is 13.6. The zero-order valence-electron chi connectivity index (χ0n) is 42.5. The van der Waals surface area contributed by atoms with Crippen LogP contribution in [0.15, 0.2) is 0 Å². The van der Waals surface area contributed by atoms with E-state index in [1.54, 1.807) is 0 Å². The molecule has 0 aliphatic heterocycles. The standard InChI is InChI=1S/C54H109O9P/c1-3-5-7-9-11-13-15-17-19-21-22-23-24-25-26-27-28-29-30-31-32-34-36-38-40-42-44-46-54(57)63-53(51-62-64(58,59)61-49-52(56)48-55)50-60-47-45-43-41-39-37-35-33-20-18-16-14-12-10-8-6-4-2/h52-53,55-56H,3-51H2,1-2H3,(H,58,59)/t52-,53+/m0/s1. The number of aliphatic hydroxyl groups is 2. The van der Waals surface area contributed by atoms with Gasteiger partial charge in [0.2, 0.25) is 0 Å². The van der Waals surface area contributed by atoms with E-state index in [1.165, 1.54) is 244 Å². The molecule has 0 fully saturated rings. The maximum atomic E-state index is 12.7. The van der Waals surface area contributed by atoms with Gasteiger partial charge >= 0.3 is 13.8 Å². The van der Waals surface area contributed by atoms with Gasteiger partial charge in [0.05, 0.1) is 26.4 Å². The Balaban J connectivity index is 3.91. The number of esters is 1. The smallest absolute Gasteiger partial charge is 0.457 e. The first-order chi connectivity index (χ1) is 31.3. The van der Waals surface area contributed by atoms with Gasteiger partial charge in [0.1, 0.15) is 12.2 Å². The van der Waals surface area contributed by atoms with Crippen LogP contribution in [0.2, 0.25) is 0 Å². The highest BCUT2D eigenvalue weighted by Crippen LogP contribution is 2.43. The molecule has 0 rings (SSSR count). The predicted molar refractivity (Wildman–Crippen MR) is 270 cm³/mol. The number of carbonyl (C=O) groups excluding carboxylic acids is 1. The molecule has 3 atom stereocenters. The van der Waals surface area contributed by atoms with Crippen LogP contribution in [0.4, 0.5) is 0 Å². The number of ether oxygens (including phenoxy) is 2. The van der Waals surface area contributed by atoms with Gasteiger partial charge in [0.25, 0.3) is 0 Å². The molecule has 0 aromatic carbocycles. The lowest BCUT2D eigenvalue weighted by Crippen LogP contribution is -2.29. The minimum absolute atomic E-state index is 0.0588. The van der Waals surface area contributed by atoms with Gasteiger partial charge < -0.3 is 24.6 Å². The monoisotopic (exact) mass is 933 g/mol. The third-order valence-electron chi connectivity index (χ3n) is 12.8. The molecule has 0 saturated carbocycles. The highest BCUT2D eigenvalue weighted by atomic mass is 31.2. The summed E-state index contributed by atoms with van der Waals surface area (Å²) < 4.78 is 33.6. The van der Waals surface area contributed by atoms with E-state index in [2.05, 4.69) is 13.8 Å². The summed E-state index contributed by atoms with van der Waals surface area (Å²) >= 11 is 0. The van der Waals surface area contributed by atoms with E-state index in [-0.39, 0.29) is 25.6 Å². The van der Waals surface area contributed by atoms with E-state index in [0.717, 1.165) is 32.1 Å². The highest BCUT2D eigenvalue weighted by molar-refractivity contribution is 7.47. The van der Waals surface area contributed by atoms with Crippen LogP contribution in [-0.4, -0.2) is 66.3 Å². The average Bonchev–Trinajstić information content (AvgIpc) is 3.29. The number of aliphatic hydroxyl groups excluding tert-OH is 2. The van der Waals surface area contributed by atoms with E-state index in [4.69, 9.17) is 23.6 Å². The van der Waals surface area contributed by atoms with Gasteiger partial charge in [-0.05, 0) is 12.8 Å². The molecule has 0 aromatic rings. The predicted octanol–water partition coefficient (Wildman–Crippen LogP) is 16.6. The van der Waals surface area contributed by atoms with Crippen LogP contribution in [0.5, 0.6) is 0 Å². The van der Waals surface area contributed by atoms with E-state index in [1.807, 2.05) is 0 Å². The second-order valence-electron chi connectivity index (χ2n) is 19.3. The fourth-order valence-electron chi connectivity index (χ4n) is 8.54. The first-order valence-electron chi connectivity index (χ1n) is 28.0. The Bertz CT molecular complexity index is 969. The lowest BCUT2D eigenvalue weighted by Gasteiger charge is -2.20. The molecule has 64 heavy (non-hydrogen) atoms. The van der Waals surface area contributed by atoms with E-state index in [0.29, 0.717) is 6.61 Å². The minimum atomic E-state index is -4.52. The minimum Gasteiger partial charge on any atom is -0.457 e. The molecular weight excluding hydrogens is 824 g/mol. The number of phosphoric ester groups is 1. The van der Waals surface area contributed by atoms with Gasteiger partial charge in [-0.3, -0.25) is 13.8 Å². The average molecular weight is 933 g/mol. The largest absolute Gasteiger partial charge is 0.472 e. The van der Waals surface area contributed by atoms with Crippen molar-refractivity contribution in [3.8, 4) is 0 Å². The summed E-state index contributed by atoms with van der Waals surface area (Å²) in [4.78, 5) is 22.7. The molecule has 0 amide bonds. The van der Waals surface area contributed by atoms with Crippen molar-refractivity contribution in [3.05, 3.63) is 0 Å². The van der Waals surface area contributed by atoms with Crippen LogP contribution < -0.4 is 0 Å². The third kappa shape index (κ3) is 50.9. The van der Waals surface area contributed by atoms with Gasteiger partial charge in [-0.25, -0.2) is 4.57 Å². The van der Waals surface area contributed by atoms with Crippen molar-refractivity contribution in [1.29, 1.82) is 0 Å². The summed E-state index contributed by atoms with van der Waals surface area (Å²) in [6, 6.07) is 0. The van der Waals surface area contributed by atoms with E-state index in [9.17, 15) is 19.4 Å². The summed E-state index contributed by atoms with van der Waals surface area (Å²) in [5.74, 6) is -0.372. The lowest BCUT2D eigenvalue weighted by molar-refractivity contribution is -0.154. The molecule has 0 radical (unpaired) electrons. The molecule has 0 aliphatic carbocycles. The number of hydrogen-bond acceptors (Lipinski definition) is 8. The molecule has 0 spiro atoms. The van der Waals surface area contributed by atoms with Gasteiger partial charge in [0.15, 0.2) is 0 Å². The Morgan fingerprint density at radius 1 is 0.422 bits per heavy atom. The molecule has 3 N–H and O–H groups in total. The van der Waals surface area contributed by atoms with Crippen LogP contribution in [0, 0.1) is 0 Å². The van der Waals surface area contributed by atoms with Crippen molar-refractivity contribution in [2.24, 2.45) is 0 Å². The van der Waals surface area contributed by atoms with Gasteiger partial charge in [-0.15, -0.1) is 0 Å². The fourth-order valence-corrected chi connectivity index (χ4v) is 9.33. The maximum absolute atomic E-state index is 12.7. The van der Waals surface area contributed by atoms with Gasteiger partial charge in [-0.1, -0.05) is 277 Å². The van der Waals surface area contributed by atoms with Crippen molar-refractivity contribution in [2.75, 3.05) is 33.0 Å². The summed E-state index contributed by atoms with van der Waals surface area (Å²) in [5, 5.41) is 18.4. The molecule has 1 unspecified atom stereocenters. The van der Waals surface area contributed by atoms with Crippen molar-refractivity contribution in [1.82, 2.24) is 0 Å². The van der Waals surface area contributed by atoms with Crippen molar-refractivity contribution in [2.45, 2.75) is 309 Å². The molecule has 0 bridgehead atoms. The topological polar surface area (TPSA) is 132 Å². The van der Waals surface area contributed by atoms with Gasteiger partial charge in [-0.2, -0.15) is 0 Å². The second kappa shape index (κ2) is 51.8. The first kappa shape index (κ1) is 63.5. The molecule has 384 valence electrons. The Morgan fingerprint density at radius 3 is 1.02 bits per heavy atom. The lowest BCUT2D eigenvalue weighted by atomic mass is 10.0. The molecule has 0 heterocycles. The summed E-state index contributed by atoms with van der Waals surface area (Å²) in [6.45, 7) is 3.61. The van der Waals surface area contributed by atoms with Crippen molar-refractivity contribution >= 4 is 13.8 Å². The van der Waals surface area contributed by atoms with E-state index >= 15 is 0 Å². The molecule has 10 heteroatoms. The van der Waals surface area contributed by atoms with Crippen LogP contribution in [0.1, 0.15) is 296 Å². The first-order valence-corrected chi connectivity index (χ1v) is 29.5. The summed E-state index contributed by atoms with van der Waals surface area (Å²) in [6.07, 6.45) is 55.2. The summed E-state index contributed by atoms with van der Waals surface area (Å²) in [7, 11) is -4.52. The maximum Gasteiger partial charge on any atom is 0.472 e. The van der Waals surface area contributed by atoms with Crippen LogP contribution >= 0.6 is 7.82 Å². The molecule has 0 aliphatic rings. The Kier molecular flexibility index (Phi) is 51.4. The number of hydrogen-bond donors (Lipinski definition) is 3. The second-order valence-corrected chi connectivity index (χ2v) is 20.8. The molecular formula is C54H109O9P. The van der Waals surface area contributed by atoms with Crippen LogP contribution in [-0.2, 0) is 27.9 Å². The number of phosphoric acid groups is 1. The number of rotatable bonds is 55. The van der Waals surface area contributed by atoms with E-state index < -0.39 is 33.2 Å². The quantitative estimate of drug-likeness (QED) is 0.0310. The van der Waals surface area contributed by atoms with Crippen molar-refractivity contribution < 1.29 is 43.0 Å². The number of carbonyl (C=O) groups is 1. The Morgan fingerprint density at radius 2 is 0.703 bits per heavy atom. The van der Waals surface area contributed by atoms with Crippen molar-refractivity contribution in [3.63, 3.8) is 0 Å². The van der Waals surface area contributed by atoms with Crippen LogP contribution in [0.3, 0.4) is 0 Å². The molecule has 0 saturated heterocycles. The Hall–Kier alpha value is -0.540. The molecule has 0 aromatic heterocycles. The Labute approximate surface area is 397 Å². The highest BCUT2D eigenvalue weighted by Gasteiger charge is 2.26. The third-order valence-corrected chi connectivity index (χ3v) is 13.7. The molecule has 9 nitrogen and oxygen atoms in total. The SMILES string of the molecule is CCCCCCCCCCCCCCCCCCCCCCCCCCCCCC(=O)O[C@H](COCCCCCCCCCCCCCCCCCC)COP(=O)(O)OC[C@@H](O)CO. The zero-order chi connectivity index (χ0) is 46.7. The van der Waals surface area contributed by atoms with Gasteiger partial charge in [0, 0.05) is 13.0 Å². The van der Waals surface area contributed by atoms with Crippen LogP contribution in [0.25, 0.3) is 0 Å². The fraction of sp³-hybridized carbons (Fsp3) is 0.981. The zero-order valence-corrected chi connectivity index (χ0v) is 43.4. The number of unbranched alkanes of at least 4 members (excludes halogenated alkanes) is 41. The summed E-state index contributed by atoms with van der Waals surface area (Å²) in [5.41, 5.74) is 0.